The summed E-state index contributed by atoms with van der Waals surface area (Å²) in [4.78, 5) is 29.4. The zero-order valence-corrected chi connectivity index (χ0v) is 13.0. The summed E-state index contributed by atoms with van der Waals surface area (Å²) in [6.45, 7) is 4.30. The average Bonchev–Trinajstić information content (AvgIpc) is 2.74. The first-order chi connectivity index (χ1) is 9.35. The minimum absolute atomic E-state index is 0.107. The molecular weight excluding hydrogens is 278 g/mol. The lowest BCUT2D eigenvalue weighted by Gasteiger charge is -2.15. The summed E-state index contributed by atoms with van der Waals surface area (Å²) < 4.78 is 0. The van der Waals surface area contributed by atoms with E-state index >= 15 is 0 Å². The minimum Gasteiger partial charge on any atom is -0.382 e. The van der Waals surface area contributed by atoms with Crippen molar-refractivity contribution in [3.8, 4) is 0 Å². The Morgan fingerprint density at radius 3 is 2.65 bits per heavy atom. The highest BCUT2D eigenvalue weighted by molar-refractivity contribution is 7.18. The Balaban J connectivity index is 2.71. The van der Waals surface area contributed by atoms with Crippen molar-refractivity contribution in [2.75, 3.05) is 31.7 Å². The number of hydrogen-bond donors (Lipinski definition) is 3. The molecule has 0 atom stereocenters. The smallest absolute Gasteiger partial charge is 0.267 e. The summed E-state index contributed by atoms with van der Waals surface area (Å²) in [5.74, 6) is -0.111. The monoisotopic (exact) mass is 299 g/mol. The fraction of sp³-hybridized carbons (Fsp3) is 0.583. The van der Waals surface area contributed by atoms with Gasteiger partial charge in [0.25, 0.3) is 5.91 Å². The molecule has 0 fully saturated rings. The number of nitrogens with one attached hydrogen (secondary N) is 2. The predicted molar refractivity (Wildman–Crippen MR) is 80.9 cm³/mol. The molecule has 0 spiro atoms. The standard InChI is InChI=1S/C12H21N5O2S/c1-7(2)15-12-16-10(13)9(20-12)11(19)17(4)6-5-8(18)14-3/h7H,5-6,13H2,1-4H3,(H,14,18)(H,15,16). The van der Waals surface area contributed by atoms with E-state index in [2.05, 4.69) is 15.6 Å². The Morgan fingerprint density at radius 2 is 2.10 bits per heavy atom. The van der Waals surface area contributed by atoms with E-state index < -0.39 is 0 Å². The number of carbonyl (C=O) groups excluding carboxylic acids is 2. The van der Waals surface area contributed by atoms with Gasteiger partial charge in [0.2, 0.25) is 5.91 Å². The Morgan fingerprint density at radius 1 is 1.45 bits per heavy atom. The van der Waals surface area contributed by atoms with Crippen molar-refractivity contribution < 1.29 is 9.59 Å². The van der Waals surface area contributed by atoms with Gasteiger partial charge >= 0.3 is 0 Å². The first-order valence-corrected chi connectivity index (χ1v) is 7.15. The van der Waals surface area contributed by atoms with E-state index in [1.165, 1.54) is 16.2 Å². The number of thiazole rings is 1. The highest BCUT2D eigenvalue weighted by Crippen LogP contribution is 2.26. The van der Waals surface area contributed by atoms with Gasteiger partial charge < -0.3 is 21.3 Å². The third kappa shape index (κ3) is 4.37. The van der Waals surface area contributed by atoms with Crippen LogP contribution in [0, 0.1) is 0 Å². The van der Waals surface area contributed by atoms with Crippen LogP contribution in [0.4, 0.5) is 10.9 Å². The fourth-order valence-corrected chi connectivity index (χ4v) is 2.49. The summed E-state index contributed by atoms with van der Waals surface area (Å²) in [7, 11) is 3.20. The van der Waals surface area contributed by atoms with Crippen LogP contribution in [-0.4, -0.2) is 48.4 Å². The van der Waals surface area contributed by atoms with Crippen LogP contribution >= 0.6 is 11.3 Å². The van der Waals surface area contributed by atoms with Gasteiger partial charge in [-0.3, -0.25) is 9.59 Å². The molecule has 1 heterocycles. The first kappa shape index (κ1) is 16.2. The lowest BCUT2D eigenvalue weighted by atomic mass is 10.3. The quantitative estimate of drug-likeness (QED) is 0.720. The van der Waals surface area contributed by atoms with Gasteiger partial charge in [-0.1, -0.05) is 11.3 Å². The van der Waals surface area contributed by atoms with Crippen LogP contribution < -0.4 is 16.4 Å². The molecule has 0 radical (unpaired) electrons. The number of rotatable bonds is 6. The van der Waals surface area contributed by atoms with E-state index in [4.69, 9.17) is 5.73 Å². The average molecular weight is 299 g/mol. The third-order valence-electron chi connectivity index (χ3n) is 2.56. The van der Waals surface area contributed by atoms with E-state index in [-0.39, 0.29) is 30.1 Å². The van der Waals surface area contributed by atoms with Crippen LogP contribution in [0.15, 0.2) is 0 Å². The van der Waals surface area contributed by atoms with Crippen molar-refractivity contribution in [3.63, 3.8) is 0 Å². The van der Waals surface area contributed by atoms with Crippen LogP contribution in [0.2, 0.25) is 0 Å². The lowest BCUT2D eigenvalue weighted by molar-refractivity contribution is -0.120. The molecule has 0 saturated heterocycles. The second kappa shape index (κ2) is 7.09. The van der Waals surface area contributed by atoms with Gasteiger partial charge in [0.05, 0.1) is 0 Å². The molecule has 0 aliphatic carbocycles. The van der Waals surface area contributed by atoms with Crippen molar-refractivity contribution >= 4 is 34.1 Å². The molecule has 0 aromatic carbocycles. The minimum atomic E-state index is -0.222. The Hall–Kier alpha value is -1.83. The second-order valence-corrected chi connectivity index (χ2v) is 5.68. The van der Waals surface area contributed by atoms with E-state index in [1.807, 2.05) is 13.8 Å². The molecule has 1 aromatic heterocycles. The molecule has 112 valence electrons. The first-order valence-electron chi connectivity index (χ1n) is 6.34. The predicted octanol–water partition coefficient (Wildman–Crippen LogP) is 0.754. The lowest BCUT2D eigenvalue weighted by Crippen LogP contribution is -2.31. The molecule has 0 unspecified atom stereocenters. The van der Waals surface area contributed by atoms with Crippen molar-refractivity contribution in [2.24, 2.45) is 0 Å². The number of hydrogen-bond acceptors (Lipinski definition) is 6. The van der Waals surface area contributed by atoms with Gasteiger partial charge in [-0.2, -0.15) is 0 Å². The van der Waals surface area contributed by atoms with Crippen molar-refractivity contribution in [1.82, 2.24) is 15.2 Å². The molecule has 0 bridgehead atoms. The van der Waals surface area contributed by atoms with Gasteiger partial charge in [0.15, 0.2) is 5.13 Å². The molecule has 0 saturated carbocycles. The van der Waals surface area contributed by atoms with Crippen molar-refractivity contribution in [1.29, 1.82) is 0 Å². The van der Waals surface area contributed by atoms with E-state index in [0.29, 0.717) is 16.6 Å². The van der Waals surface area contributed by atoms with E-state index in [1.54, 1.807) is 14.1 Å². The van der Waals surface area contributed by atoms with Crippen LogP contribution in [-0.2, 0) is 4.79 Å². The molecule has 7 nitrogen and oxygen atoms in total. The van der Waals surface area contributed by atoms with Gasteiger partial charge in [-0.05, 0) is 13.8 Å². The normalized spacial score (nSPS) is 10.4. The number of nitrogens with zero attached hydrogens (tertiary/aromatic N) is 2. The number of nitrogen functional groups attached to an aromatic ring is 1. The van der Waals surface area contributed by atoms with Crippen LogP contribution in [0.1, 0.15) is 29.9 Å². The van der Waals surface area contributed by atoms with E-state index in [0.717, 1.165) is 0 Å². The van der Waals surface area contributed by atoms with Gasteiger partial charge in [0, 0.05) is 33.1 Å². The third-order valence-corrected chi connectivity index (χ3v) is 3.55. The van der Waals surface area contributed by atoms with Crippen LogP contribution in [0.3, 0.4) is 0 Å². The molecule has 0 aliphatic rings. The molecule has 8 heteroatoms. The highest BCUT2D eigenvalue weighted by Gasteiger charge is 2.20. The number of aromatic nitrogens is 1. The Labute approximate surface area is 122 Å². The second-order valence-electron chi connectivity index (χ2n) is 4.68. The Kier molecular flexibility index (Phi) is 5.75. The summed E-state index contributed by atoms with van der Waals surface area (Å²) in [5.41, 5.74) is 5.77. The van der Waals surface area contributed by atoms with Gasteiger partial charge in [-0.15, -0.1) is 0 Å². The van der Waals surface area contributed by atoms with Crippen molar-refractivity contribution in [2.45, 2.75) is 26.3 Å². The summed E-state index contributed by atoms with van der Waals surface area (Å²) in [5, 5.41) is 6.25. The number of amides is 2. The van der Waals surface area contributed by atoms with E-state index in [9.17, 15) is 9.59 Å². The summed E-state index contributed by atoms with van der Waals surface area (Å²) in [6.07, 6.45) is 0.258. The molecule has 4 N–H and O–H groups in total. The zero-order chi connectivity index (χ0) is 15.3. The maximum Gasteiger partial charge on any atom is 0.267 e. The number of anilines is 2. The maximum absolute atomic E-state index is 12.2. The molecule has 1 aromatic rings. The zero-order valence-electron chi connectivity index (χ0n) is 12.2. The van der Waals surface area contributed by atoms with Crippen LogP contribution in [0.25, 0.3) is 0 Å². The van der Waals surface area contributed by atoms with Gasteiger partial charge in [0.1, 0.15) is 10.7 Å². The number of nitrogens with two attached hydrogens (primary N) is 1. The number of carbonyl (C=O) groups is 2. The topological polar surface area (TPSA) is 100 Å². The molecule has 2 amide bonds. The molecular formula is C12H21N5O2S. The summed E-state index contributed by atoms with van der Waals surface area (Å²) >= 11 is 1.23. The maximum atomic E-state index is 12.2. The largest absolute Gasteiger partial charge is 0.382 e. The molecule has 1 rings (SSSR count). The highest BCUT2D eigenvalue weighted by atomic mass is 32.1. The Bertz CT molecular complexity index is 486. The molecule has 0 aliphatic heterocycles. The summed E-state index contributed by atoms with van der Waals surface area (Å²) in [6, 6.07) is 0.217. The van der Waals surface area contributed by atoms with Crippen molar-refractivity contribution in [3.05, 3.63) is 4.88 Å². The SMILES string of the molecule is CNC(=O)CCN(C)C(=O)c1sc(NC(C)C)nc1N. The van der Waals surface area contributed by atoms with Gasteiger partial charge in [-0.25, -0.2) is 4.98 Å². The van der Waals surface area contributed by atoms with Crippen LogP contribution in [0.5, 0.6) is 0 Å². The fourth-order valence-electron chi connectivity index (χ4n) is 1.46. The molecule has 20 heavy (non-hydrogen) atoms.